The maximum absolute atomic E-state index is 12.1. The molecule has 6 heteroatoms. The Morgan fingerprint density at radius 1 is 1.39 bits per heavy atom. The lowest BCUT2D eigenvalue weighted by atomic mass is 9.96. The Balaban J connectivity index is 1.79. The molecule has 0 aromatic heterocycles. The molecule has 0 radical (unpaired) electrons. The molecule has 128 valence electrons. The topological polar surface area (TPSA) is 53.6 Å². The predicted molar refractivity (Wildman–Crippen MR) is 94.5 cm³/mol. The number of amides is 2. The number of anilines is 1. The van der Waals surface area contributed by atoms with Gasteiger partial charge in [0.15, 0.2) is 0 Å². The van der Waals surface area contributed by atoms with Gasteiger partial charge >= 0.3 is 6.03 Å². The van der Waals surface area contributed by atoms with Gasteiger partial charge in [-0.2, -0.15) is 0 Å². The van der Waals surface area contributed by atoms with Crippen LogP contribution in [-0.2, 0) is 0 Å². The summed E-state index contributed by atoms with van der Waals surface area (Å²) < 4.78 is 5.22. The number of hydrogen-bond donors (Lipinski definition) is 2. The minimum absolute atomic E-state index is 0.225. The minimum atomic E-state index is -0.225. The molecule has 0 atom stereocenters. The van der Waals surface area contributed by atoms with Crippen molar-refractivity contribution in [3.8, 4) is 5.75 Å². The van der Waals surface area contributed by atoms with E-state index in [4.69, 9.17) is 16.3 Å². The summed E-state index contributed by atoms with van der Waals surface area (Å²) in [6, 6.07) is 5.52. The van der Waals surface area contributed by atoms with Crippen LogP contribution in [0.4, 0.5) is 10.5 Å². The SMILES string of the molecule is COc1ccc(Cl)cc1NC(=O)NCC1CCN(C(C)C)CC1. The number of hydrogen-bond acceptors (Lipinski definition) is 3. The van der Waals surface area contributed by atoms with E-state index in [1.807, 2.05) is 0 Å². The van der Waals surface area contributed by atoms with Crippen molar-refractivity contribution in [2.24, 2.45) is 5.92 Å². The molecule has 5 nitrogen and oxygen atoms in total. The average molecular weight is 340 g/mol. The molecule has 1 aliphatic heterocycles. The van der Waals surface area contributed by atoms with Gasteiger partial charge in [-0.15, -0.1) is 0 Å². The van der Waals surface area contributed by atoms with Crippen LogP contribution in [0.1, 0.15) is 26.7 Å². The van der Waals surface area contributed by atoms with Crippen molar-refractivity contribution < 1.29 is 9.53 Å². The Hall–Kier alpha value is -1.46. The van der Waals surface area contributed by atoms with Crippen LogP contribution >= 0.6 is 11.6 Å². The number of nitrogens with one attached hydrogen (secondary N) is 2. The average Bonchev–Trinajstić information content (AvgIpc) is 2.53. The highest BCUT2D eigenvalue weighted by molar-refractivity contribution is 6.31. The van der Waals surface area contributed by atoms with E-state index in [1.54, 1.807) is 25.3 Å². The number of piperidine rings is 1. The van der Waals surface area contributed by atoms with Gasteiger partial charge in [-0.1, -0.05) is 11.6 Å². The molecule has 1 aliphatic rings. The monoisotopic (exact) mass is 339 g/mol. The first kappa shape index (κ1) is 17.9. The van der Waals surface area contributed by atoms with Crippen LogP contribution in [0.25, 0.3) is 0 Å². The van der Waals surface area contributed by atoms with Crippen molar-refractivity contribution in [3.63, 3.8) is 0 Å². The second-order valence-electron chi connectivity index (χ2n) is 6.25. The Kier molecular flexibility index (Phi) is 6.54. The number of urea groups is 1. The van der Waals surface area contributed by atoms with Gasteiger partial charge in [0.1, 0.15) is 5.75 Å². The number of rotatable bonds is 5. The molecule has 23 heavy (non-hydrogen) atoms. The Morgan fingerprint density at radius 3 is 2.70 bits per heavy atom. The normalized spacial score (nSPS) is 16.4. The summed E-state index contributed by atoms with van der Waals surface area (Å²) in [4.78, 5) is 14.6. The molecule has 1 fully saturated rings. The first-order valence-electron chi connectivity index (χ1n) is 8.12. The molecule has 0 aliphatic carbocycles. The maximum atomic E-state index is 12.1. The molecule has 0 saturated carbocycles. The molecule has 2 amide bonds. The Bertz CT molecular complexity index is 529. The fourth-order valence-corrected chi connectivity index (χ4v) is 3.03. The lowest BCUT2D eigenvalue weighted by molar-refractivity contribution is 0.149. The van der Waals surface area contributed by atoms with Gasteiger partial charge < -0.3 is 20.3 Å². The van der Waals surface area contributed by atoms with Crippen LogP contribution in [0.3, 0.4) is 0 Å². The quantitative estimate of drug-likeness (QED) is 0.862. The van der Waals surface area contributed by atoms with Crippen molar-refractivity contribution in [2.45, 2.75) is 32.7 Å². The molecule has 1 aromatic rings. The van der Waals surface area contributed by atoms with Gasteiger partial charge in [-0.05, 0) is 63.9 Å². The number of ether oxygens (including phenoxy) is 1. The highest BCUT2D eigenvalue weighted by Gasteiger charge is 2.21. The van der Waals surface area contributed by atoms with Crippen LogP contribution in [0.15, 0.2) is 18.2 Å². The van der Waals surface area contributed by atoms with E-state index in [0.717, 1.165) is 25.9 Å². The van der Waals surface area contributed by atoms with E-state index in [0.29, 0.717) is 35.0 Å². The Morgan fingerprint density at radius 2 is 2.09 bits per heavy atom. The third-order valence-corrected chi connectivity index (χ3v) is 4.58. The first-order chi connectivity index (χ1) is 11.0. The van der Waals surface area contributed by atoms with Crippen LogP contribution in [0.2, 0.25) is 5.02 Å². The predicted octanol–water partition coefficient (Wildman–Crippen LogP) is 3.59. The molecule has 1 aromatic carbocycles. The summed E-state index contributed by atoms with van der Waals surface area (Å²) in [7, 11) is 1.56. The molecule has 0 bridgehead atoms. The molecule has 0 unspecified atom stereocenters. The van der Waals surface area contributed by atoms with Crippen LogP contribution in [0, 0.1) is 5.92 Å². The molecule has 1 heterocycles. The summed E-state index contributed by atoms with van der Waals surface area (Å²) in [5, 5.41) is 6.31. The van der Waals surface area contributed by atoms with Gasteiger partial charge in [0.05, 0.1) is 12.8 Å². The van der Waals surface area contributed by atoms with Gasteiger partial charge in [0, 0.05) is 17.6 Å². The van der Waals surface area contributed by atoms with Gasteiger partial charge in [0.25, 0.3) is 0 Å². The standard InChI is InChI=1S/C17H26ClN3O2/c1-12(2)21-8-6-13(7-9-21)11-19-17(22)20-15-10-14(18)4-5-16(15)23-3/h4-5,10,12-13H,6-9,11H2,1-3H3,(H2,19,20,22). The highest BCUT2D eigenvalue weighted by Crippen LogP contribution is 2.27. The number of methoxy groups -OCH3 is 1. The first-order valence-corrected chi connectivity index (χ1v) is 8.50. The van der Waals surface area contributed by atoms with Gasteiger partial charge in [-0.3, -0.25) is 0 Å². The summed E-state index contributed by atoms with van der Waals surface area (Å²) in [6.45, 7) is 7.36. The maximum Gasteiger partial charge on any atom is 0.319 e. The molecule has 2 rings (SSSR count). The molecule has 1 saturated heterocycles. The Labute approximate surface area is 143 Å². The second-order valence-corrected chi connectivity index (χ2v) is 6.69. The minimum Gasteiger partial charge on any atom is -0.495 e. The van der Waals surface area contributed by atoms with Crippen molar-refractivity contribution in [1.29, 1.82) is 0 Å². The zero-order valence-electron chi connectivity index (χ0n) is 14.1. The smallest absolute Gasteiger partial charge is 0.319 e. The highest BCUT2D eigenvalue weighted by atomic mass is 35.5. The number of halogens is 1. The third kappa shape index (κ3) is 5.29. The number of benzene rings is 1. The molecule has 2 N–H and O–H groups in total. The van der Waals surface area contributed by atoms with E-state index in [1.165, 1.54) is 0 Å². The summed E-state index contributed by atoms with van der Waals surface area (Å²) in [5.74, 6) is 1.13. The lowest BCUT2D eigenvalue weighted by Gasteiger charge is -2.34. The van der Waals surface area contributed by atoms with Gasteiger partial charge in [0.2, 0.25) is 0 Å². The zero-order valence-corrected chi connectivity index (χ0v) is 14.8. The molecule has 0 spiro atoms. The lowest BCUT2D eigenvalue weighted by Crippen LogP contribution is -2.42. The van der Waals surface area contributed by atoms with Crippen molar-refractivity contribution >= 4 is 23.3 Å². The van der Waals surface area contributed by atoms with Crippen LogP contribution in [0.5, 0.6) is 5.75 Å². The largest absolute Gasteiger partial charge is 0.495 e. The second kappa shape index (κ2) is 8.41. The van der Waals surface area contributed by atoms with Crippen molar-refractivity contribution in [2.75, 3.05) is 32.1 Å². The van der Waals surface area contributed by atoms with Gasteiger partial charge in [-0.25, -0.2) is 4.79 Å². The number of carbonyl (C=O) groups is 1. The molecular weight excluding hydrogens is 314 g/mol. The fourth-order valence-electron chi connectivity index (χ4n) is 2.85. The van der Waals surface area contributed by atoms with E-state index < -0.39 is 0 Å². The van der Waals surface area contributed by atoms with Crippen LogP contribution < -0.4 is 15.4 Å². The summed E-state index contributed by atoms with van der Waals surface area (Å²) >= 11 is 5.96. The van der Waals surface area contributed by atoms with Crippen molar-refractivity contribution in [3.05, 3.63) is 23.2 Å². The van der Waals surface area contributed by atoms with Crippen LogP contribution in [-0.4, -0.2) is 43.7 Å². The number of carbonyl (C=O) groups excluding carboxylic acids is 1. The fraction of sp³-hybridized carbons (Fsp3) is 0.588. The number of nitrogens with zero attached hydrogens (tertiary/aromatic N) is 1. The zero-order chi connectivity index (χ0) is 16.8. The summed E-state index contributed by atoms with van der Waals surface area (Å²) in [5.41, 5.74) is 0.576. The third-order valence-electron chi connectivity index (χ3n) is 4.34. The number of likely N-dealkylation sites (tertiary alicyclic amines) is 1. The van der Waals surface area contributed by atoms with E-state index in [9.17, 15) is 4.79 Å². The van der Waals surface area contributed by atoms with E-state index >= 15 is 0 Å². The van der Waals surface area contributed by atoms with Crippen molar-refractivity contribution in [1.82, 2.24) is 10.2 Å². The van der Waals surface area contributed by atoms with E-state index in [2.05, 4.69) is 29.4 Å². The summed E-state index contributed by atoms with van der Waals surface area (Å²) in [6.07, 6.45) is 2.25. The molecular formula is C17H26ClN3O2. The van der Waals surface area contributed by atoms with E-state index in [-0.39, 0.29) is 6.03 Å².